The van der Waals surface area contributed by atoms with E-state index in [0.717, 1.165) is 25.7 Å². The van der Waals surface area contributed by atoms with Crippen LogP contribution in [0.3, 0.4) is 0 Å². The average molecular weight is 553 g/mol. The van der Waals surface area contributed by atoms with Gasteiger partial charge >= 0.3 is 0 Å². The Balaban J connectivity index is 1.42. The van der Waals surface area contributed by atoms with Crippen LogP contribution in [0.15, 0.2) is 72.8 Å². The molecule has 0 N–H and O–H groups in total. The third kappa shape index (κ3) is 6.95. The van der Waals surface area contributed by atoms with Gasteiger partial charge in [-0.25, -0.2) is 8.78 Å². The van der Waals surface area contributed by atoms with Crippen molar-refractivity contribution in [2.45, 2.75) is 46.1 Å². The Morgan fingerprint density at radius 3 is 1.50 bits per heavy atom. The number of ether oxygens (including phenoxy) is 3. The smallest absolute Gasteiger partial charge is 0.204 e. The van der Waals surface area contributed by atoms with Gasteiger partial charge in [-0.05, 0) is 53.8 Å². The van der Waals surface area contributed by atoms with Gasteiger partial charge in [0.25, 0.3) is 0 Å². The normalized spacial score (nSPS) is 10.9. The second-order valence-corrected chi connectivity index (χ2v) is 9.39. The first-order valence-electron chi connectivity index (χ1n) is 13.5. The highest BCUT2D eigenvalue weighted by molar-refractivity contribution is 5.72. The molecule has 0 atom stereocenters. The largest absolute Gasteiger partial charge is 0.494 e. The van der Waals surface area contributed by atoms with Crippen LogP contribution in [-0.4, -0.2) is 13.2 Å². The summed E-state index contributed by atoms with van der Waals surface area (Å²) in [5.41, 5.74) is 1.92. The van der Waals surface area contributed by atoms with Crippen molar-refractivity contribution in [2.75, 3.05) is 13.2 Å². The lowest BCUT2D eigenvalue weighted by atomic mass is 9.98. The first-order valence-corrected chi connectivity index (χ1v) is 13.5. The number of rotatable bonds is 13. The van der Waals surface area contributed by atoms with Gasteiger partial charge in [-0.2, -0.15) is 8.78 Å². The maximum atomic E-state index is 15.1. The van der Waals surface area contributed by atoms with Crippen LogP contribution in [0.2, 0.25) is 0 Å². The maximum Gasteiger partial charge on any atom is 0.204 e. The minimum Gasteiger partial charge on any atom is -0.494 e. The fourth-order valence-corrected chi connectivity index (χ4v) is 4.07. The van der Waals surface area contributed by atoms with Crippen molar-refractivity contribution in [3.8, 4) is 39.5 Å². The summed E-state index contributed by atoms with van der Waals surface area (Å²) in [6.45, 7) is 4.92. The molecule has 0 radical (unpaired) electrons. The molecule has 0 saturated carbocycles. The van der Waals surface area contributed by atoms with Crippen LogP contribution >= 0.6 is 0 Å². The molecule has 3 nitrogen and oxygen atoms in total. The number of unbranched alkanes of at least 4 members (excludes halogenated alkanes) is 2. The summed E-state index contributed by atoms with van der Waals surface area (Å²) >= 11 is 0. The number of hydrogen-bond donors (Lipinski definition) is 0. The molecular formula is C33H32F4O3. The van der Waals surface area contributed by atoms with Crippen LogP contribution in [0.25, 0.3) is 22.3 Å². The molecule has 0 saturated heterocycles. The molecule has 7 heteroatoms. The third-order valence-corrected chi connectivity index (χ3v) is 6.44. The van der Waals surface area contributed by atoms with Gasteiger partial charge in [-0.15, -0.1) is 0 Å². The highest BCUT2D eigenvalue weighted by Gasteiger charge is 2.18. The Bertz CT molecular complexity index is 1400. The summed E-state index contributed by atoms with van der Waals surface area (Å²) in [5.74, 6) is -3.83. The quantitative estimate of drug-likeness (QED) is 0.122. The molecule has 0 spiro atoms. The molecule has 0 unspecified atom stereocenters. The second-order valence-electron chi connectivity index (χ2n) is 9.39. The van der Waals surface area contributed by atoms with E-state index < -0.39 is 23.3 Å². The van der Waals surface area contributed by atoms with Crippen LogP contribution in [0.5, 0.6) is 17.2 Å². The van der Waals surface area contributed by atoms with E-state index in [0.29, 0.717) is 35.7 Å². The van der Waals surface area contributed by atoms with Gasteiger partial charge in [0.05, 0.1) is 13.2 Å². The molecule has 0 bridgehead atoms. The molecular weight excluding hydrogens is 520 g/mol. The van der Waals surface area contributed by atoms with E-state index in [1.54, 1.807) is 54.6 Å². The zero-order valence-corrected chi connectivity index (χ0v) is 22.6. The molecule has 40 heavy (non-hydrogen) atoms. The Labute approximate surface area is 232 Å². The lowest BCUT2D eigenvalue weighted by Crippen LogP contribution is -2.03. The Kier molecular flexibility index (Phi) is 10.1. The molecule has 4 aromatic carbocycles. The average Bonchev–Trinajstić information content (AvgIpc) is 2.97. The van der Waals surface area contributed by atoms with Crippen molar-refractivity contribution in [3.63, 3.8) is 0 Å². The molecule has 0 aromatic heterocycles. The first kappa shape index (κ1) is 29.0. The van der Waals surface area contributed by atoms with Crippen LogP contribution in [-0.2, 0) is 6.61 Å². The van der Waals surface area contributed by atoms with E-state index in [-0.39, 0.29) is 29.2 Å². The van der Waals surface area contributed by atoms with Crippen molar-refractivity contribution >= 4 is 0 Å². The van der Waals surface area contributed by atoms with E-state index in [9.17, 15) is 8.78 Å². The maximum absolute atomic E-state index is 15.1. The Morgan fingerprint density at radius 2 is 0.975 bits per heavy atom. The van der Waals surface area contributed by atoms with Gasteiger partial charge in [0.1, 0.15) is 12.4 Å². The monoisotopic (exact) mass is 552 g/mol. The molecule has 0 heterocycles. The molecule has 0 aliphatic carbocycles. The minimum atomic E-state index is -1.12. The third-order valence-electron chi connectivity index (χ3n) is 6.44. The summed E-state index contributed by atoms with van der Waals surface area (Å²) in [5, 5.41) is 0. The highest BCUT2D eigenvalue weighted by Crippen LogP contribution is 2.33. The summed E-state index contributed by atoms with van der Waals surface area (Å²) < 4.78 is 75.2. The zero-order chi connectivity index (χ0) is 28.5. The Morgan fingerprint density at radius 1 is 0.500 bits per heavy atom. The van der Waals surface area contributed by atoms with Gasteiger partial charge < -0.3 is 14.2 Å². The van der Waals surface area contributed by atoms with E-state index >= 15 is 8.78 Å². The van der Waals surface area contributed by atoms with Crippen molar-refractivity contribution in [1.29, 1.82) is 0 Å². The SMILES string of the molecule is CCCCOc1ccc(-c2ccc(-c3ccc(COc4ccc(OCCCC)c(F)c4F)cc3)c(F)c2F)cc1. The van der Waals surface area contributed by atoms with E-state index in [4.69, 9.17) is 14.2 Å². The fourth-order valence-electron chi connectivity index (χ4n) is 4.07. The first-order chi connectivity index (χ1) is 19.4. The van der Waals surface area contributed by atoms with Crippen molar-refractivity contribution < 1.29 is 31.8 Å². The minimum absolute atomic E-state index is 0.0411. The summed E-state index contributed by atoms with van der Waals surface area (Å²) in [6.07, 6.45) is 3.58. The lowest BCUT2D eigenvalue weighted by Gasteiger charge is -2.12. The molecule has 210 valence electrons. The molecule has 4 rings (SSSR count). The summed E-state index contributed by atoms with van der Waals surface area (Å²) in [6, 6.07) is 19.2. The van der Waals surface area contributed by atoms with Crippen molar-refractivity contribution in [2.24, 2.45) is 0 Å². The van der Waals surface area contributed by atoms with Gasteiger partial charge in [-0.1, -0.05) is 75.2 Å². The fraction of sp³-hybridized carbons (Fsp3) is 0.273. The number of halogens is 4. The molecule has 0 aliphatic rings. The standard InChI is InChI=1S/C33H32F4O3/c1-3-5-19-38-25-13-11-24(12-14-25)27-16-15-26(30(34)31(27)35)23-9-7-22(8-10-23)21-40-29-18-17-28(32(36)33(29)37)39-20-6-4-2/h7-18H,3-6,19-21H2,1-2H3. The van der Waals surface area contributed by atoms with Crippen LogP contribution in [0.4, 0.5) is 17.6 Å². The van der Waals surface area contributed by atoms with Crippen LogP contribution in [0.1, 0.15) is 45.1 Å². The lowest BCUT2D eigenvalue weighted by molar-refractivity contribution is 0.267. The van der Waals surface area contributed by atoms with Crippen LogP contribution < -0.4 is 14.2 Å². The molecule has 0 fully saturated rings. The second kappa shape index (κ2) is 13.9. The molecule has 0 aliphatic heterocycles. The summed E-state index contributed by atoms with van der Waals surface area (Å²) in [7, 11) is 0. The molecule has 4 aromatic rings. The predicted molar refractivity (Wildman–Crippen MR) is 149 cm³/mol. The molecule has 0 amide bonds. The van der Waals surface area contributed by atoms with Gasteiger partial charge in [0, 0.05) is 11.1 Å². The van der Waals surface area contributed by atoms with Gasteiger partial charge in [0.15, 0.2) is 23.1 Å². The Hall–Kier alpha value is -4.00. The number of benzene rings is 4. The predicted octanol–water partition coefficient (Wildman–Crippen LogP) is 9.51. The van der Waals surface area contributed by atoms with Gasteiger partial charge in [0.2, 0.25) is 11.6 Å². The van der Waals surface area contributed by atoms with Crippen molar-refractivity contribution in [3.05, 3.63) is 102 Å². The van der Waals surface area contributed by atoms with Crippen molar-refractivity contribution in [1.82, 2.24) is 0 Å². The van der Waals surface area contributed by atoms with Gasteiger partial charge in [-0.3, -0.25) is 0 Å². The highest BCUT2D eigenvalue weighted by atomic mass is 19.2. The topological polar surface area (TPSA) is 27.7 Å². The number of hydrogen-bond acceptors (Lipinski definition) is 3. The summed E-state index contributed by atoms with van der Waals surface area (Å²) in [4.78, 5) is 0. The zero-order valence-electron chi connectivity index (χ0n) is 22.6. The van der Waals surface area contributed by atoms with E-state index in [2.05, 4.69) is 6.92 Å². The van der Waals surface area contributed by atoms with E-state index in [1.165, 1.54) is 18.2 Å². The van der Waals surface area contributed by atoms with E-state index in [1.807, 2.05) is 6.92 Å². The van der Waals surface area contributed by atoms with Crippen LogP contribution in [0, 0.1) is 23.3 Å².